The maximum Gasteiger partial charge on any atom is 0.313 e. The summed E-state index contributed by atoms with van der Waals surface area (Å²) in [6.07, 6.45) is 0.287. The van der Waals surface area contributed by atoms with E-state index in [-0.39, 0.29) is 36.7 Å². The molecule has 1 aromatic rings. The molecule has 0 aromatic heterocycles. The number of carbonyl (C=O) groups is 2. The number of hydrogen-bond acceptors (Lipinski definition) is 3. The van der Waals surface area contributed by atoms with Crippen LogP contribution in [-0.4, -0.2) is 48.7 Å². The molecule has 0 radical (unpaired) electrons. The third-order valence-corrected chi connectivity index (χ3v) is 4.08. The minimum atomic E-state index is -1.12. The van der Waals surface area contributed by atoms with E-state index in [0.29, 0.717) is 0 Å². The molecule has 1 aromatic carbocycles. The third kappa shape index (κ3) is 2.87. The van der Waals surface area contributed by atoms with E-state index >= 15 is 0 Å². The summed E-state index contributed by atoms with van der Waals surface area (Å²) in [6.45, 7) is 0.298. The standard InChI is InChI=1S/C14H15ClFNO4/c1-21-8-14(13(19)20)5-6-17(7-14)12(18)9-3-2-4-10(16)11(9)15/h2-4H,5-8H2,1H3,(H,19,20). The van der Waals surface area contributed by atoms with Crippen molar-refractivity contribution < 1.29 is 23.8 Å². The highest BCUT2D eigenvalue weighted by Crippen LogP contribution is 2.33. The molecule has 1 saturated heterocycles. The summed E-state index contributed by atoms with van der Waals surface area (Å²) in [5.74, 6) is -2.16. The SMILES string of the molecule is COCC1(C(=O)O)CCN(C(=O)c2cccc(F)c2Cl)C1. The van der Waals surface area contributed by atoms with Crippen LogP contribution in [-0.2, 0) is 9.53 Å². The van der Waals surface area contributed by atoms with E-state index in [0.717, 1.165) is 6.07 Å². The van der Waals surface area contributed by atoms with Gasteiger partial charge in [0.25, 0.3) is 5.91 Å². The number of likely N-dealkylation sites (tertiary alicyclic amines) is 1. The zero-order valence-corrected chi connectivity index (χ0v) is 12.2. The molecular weight excluding hydrogens is 301 g/mol. The second-order valence-electron chi connectivity index (χ2n) is 5.10. The van der Waals surface area contributed by atoms with Gasteiger partial charge in [-0.3, -0.25) is 9.59 Å². The third-order valence-electron chi connectivity index (χ3n) is 3.70. The molecule has 114 valence electrons. The molecule has 5 nitrogen and oxygen atoms in total. The van der Waals surface area contributed by atoms with E-state index < -0.39 is 23.1 Å². The molecule has 1 aliphatic heterocycles. The first-order chi connectivity index (χ1) is 9.91. The van der Waals surface area contributed by atoms with Crippen LogP contribution in [0.3, 0.4) is 0 Å². The van der Waals surface area contributed by atoms with Crippen molar-refractivity contribution in [2.24, 2.45) is 5.41 Å². The number of ether oxygens (including phenoxy) is 1. The lowest BCUT2D eigenvalue weighted by Gasteiger charge is -2.24. The molecule has 0 saturated carbocycles. The topological polar surface area (TPSA) is 66.8 Å². The summed E-state index contributed by atoms with van der Waals surface area (Å²) in [6, 6.07) is 3.98. The van der Waals surface area contributed by atoms with Crippen molar-refractivity contribution in [3.05, 3.63) is 34.6 Å². The van der Waals surface area contributed by atoms with E-state index in [1.165, 1.54) is 24.1 Å². The molecule has 1 unspecified atom stereocenters. The van der Waals surface area contributed by atoms with E-state index in [2.05, 4.69) is 0 Å². The zero-order valence-electron chi connectivity index (χ0n) is 11.4. The number of aliphatic carboxylic acids is 1. The van der Waals surface area contributed by atoms with Gasteiger partial charge in [-0.1, -0.05) is 17.7 Å². The molecule has 2 rings (SSSR count). The molecular formula is C14H15ClFNO4. The highest BCUT2D eigenvalue weighted by atomic mass is 35.5. The van der Waals surface area contributed by atoms with Crippen LogP contribution in [0.5, 0.6) is 0 Å². The number of benzene rings is 1. The molecule has 0 aliphatic carbocycles. The van der Waals surface area contributed by atoms with Crippen molar-refractivity contribution in [1.82, 2.24) is 4.90 Å². The number of amides is 1. The largest absolute Gasteiger partial charge is 0.481 e. The Morgan fingerprint density at radius 3 is 2.86 bits per heavy atom. The fourth-order valence-corrected chi connectivity index (χ4v) is 2.72. The van der Waals surface area contributed by atoms with Crippen molar-refractivity contribution in [2.75, 3.05) is 26.8 Å². The second-order valence-corrected chi connectivity index (χ2v) is 5.47. The van der Waals surface area contributed by atoms with E-state index in [1.807, 2.05) is 0 Å². The van der Waals surface area contributed by atoms with Gasteiger partial charge < -0.3 is 14.7 Å². The average Bonchev–Trinajstić information content (AvgIpc) is 2.87. The van der Waals surface area contributed by atoms with Crippen LogP contribution in [0.2, 0.25) is 5.02 Å². The minimum Gasteiger partial charge on any atom is -0.481 e. The number of hydrogen-bond donors (Lipinski definition) is 1. The van der Waals surface area contributed by atoms with Crippen molar-refractivity contribution in [1.29, 1.82) is 0 Å². The first kappa shape index (κ1) is 15.7. The van der Waals surface area contributed by atoms with Gasteiger partial charge in [0.1, 0.15) is 11.2 Å². The summed E-state index contributed by atoms with van der Waals surface area (Å²) in [4.78, 5) is 25.2. The number of carboxylic acid groups (broad SMARTS) is 1. The predicted octanol–water partition coefficient (Wildman–Crippen LogP) is 2.04. The van der Waals surface area contributed by atoms with Gasteiger partial charge in [0.2, 0.25) is 0 Å². The molecule has 0 spiro atoms. The maximum atomic E-state index is 13.4. The Balaban J connectivity index is 2.23. The van der Waals surface area contributed by atoms with Crippen LogP contribution in [0, 0.1) is 11.2 Å². The fourth-order valence-electron chi connectivity index (χ4n) is 2.52. The highest BCUT2D eigenvalue weighted by molar-refractivity contribution is 6.34. The molecule has 1 aliphatic rings. The smallest absolute Gasteiger partial charge is 0.313 e. The number of nitrogens with zero attached hydrogens (tertiary/aromatic N) is 1. The lowest BCUT2D eigenvalue weighted by molar-refractivity contribution is -0.151. The molecule has 1 fully saturated rings. The van der Waals surface area contributed by atoms with Crippen LogP contribution in [0.15, 0.2) is 18.2 Å². The number of rotatable bonds is 4. The average molecular weight is 316 g/mol. The number of methoxy groups -OCH3 is 1. The lowest BCUT2D eigenvalue weighted by atomic mass is 9.88. The normalized spacial score (nSPS) is 21.6. The minimum absolute atomic E-state index is 0.0157. The van der Waals surface area contributed by atoms with Crippen molar-refractivity contribution >= 4 is 23.5 Å². The molecule has 7 heteroatoms. The van der Waals surface area contributed by atoms with Crippen molar-refractivity contribution in [2.45, 2.75) is 6.42 Å². The molecule has 1 amide bonds. The predicted molar refractivity (Wildman–Crippen MR) is 73.9 cm³/mol. The number of carbonyl (C=O) groups excluding carboxylic acids is 1. The van der Waals surface area contributed by atoms with Gasteiger partial charge in [0.15, 0.2) is 0 Å². The highest BCUT2D eigenvalue weighted by Gasteiger charge is 2.46. The molecule has 0 bridgehead atoms. The van der Waals surface area contributed by atoms with Gasteiger partial charge in [0.05, 0.1) is 17.2 Å². The van der Waals surface area contributed by atoms with Crippen molar-refractivity contribution in [3.8, 4) is 0 Å². The van der Waals surface area contributed by atoms with Crippen LogP contribution in [0.1, 0.15) is 16.8 Å². The maximum absolute atomic E-state index is 13.4. The van der Waals surface area contributed by atoms with Gasteiger partial charge in [-0.05, 0) is 18.6 Å². The quantitative estimate of drug-likeness (QED) is 0.923. The van der Waals surface area contributed by atoms with Gasteiger partial charge >= 0.3 is 5.97 Å². The van der Waals surface area contributed by atoms with E-state index in [1.54, 1.807) is 0 Å². The zero-order chi connectivity index (χ0) is 15.6. The van der Waals surface area contributed by atoms with Crippen LogP contribution in [0.4, 0.5) is 4.39 Å². The van der Waals surface area contributed by atoms with Gasteiger partial charge in [-0.2, -0.15) is 0 Å². The Morgan fingerprint density at radius 1 is 1.52 bits per heavy atom. The van der Waals surface area contributed by atoms with Crippen molar-refractivity contribution in [3.63, 3.8) is 0 Å². The lowest BCUT2D eigenvalue weighted by Crippen LogP contribution is -2.40. The van der Waals surface area contributed by atoms with E-state index in [4.69, 9.17) is 16.3 Å². The summed E-state index contributed by atoms with van der Waals surface area (Å²) in [5, 5.41) is 9.11. The Morgan fingerprint density at radius 2 is 2.24 bits per heavy atom. The Hall–Kier alpha value is -1.66. The van der Waals surface area contributed by atoms with Crippen LogP contribution in [0.25, 0.3) is 0 Å². The number of halogens is 2. The summed E-state index contributed by atoms with van der Waals surface area (Å²) >= 11 is 5.80. The Labute approximate surface area is 126 Å². The second kappa shape index (κ2) is 5.99. The molecule has 1 heterocycles. The summed E-state index contributed by atoms with van der Waals surface area (Å²) in [7, 11) is 1.42. The monoisotopic (exact) mass is 315 g/mol. The van der Waals surface area contributed by atoms with Gasteiger partial charge in [-0.25, -0.2) is 4.39 Å². The number of carboxylic acids is 1. The van der Waals surface area contributed by atoms with Crippen LogP contribution < -0.4 is 0 Å². The first-order valence-corrected chi connectivity index (χ1v) is 6.75. The fraction of sp³-hybridized carbons (Fsp3) is 0.429. The van der Waals surface area contributed by atoms with Gasteiger partial charge in [-0.15, -0.1) is 0 Å². The van der Waals surface area contributed by atoms with Crippen LogP contribution >= 0.6 is 11.6 Å². The summed E-state index contributed by atoms with van der Waals surface area (Å²) < 4.78 is 18.4. The Kier molecular flexibility index (Phi) is 4.49. The molecule has 1 N–H and O–H groups in total. The van der Waals surface area contributed by atoms with Gasteiger partial charge in [0, 0.05) is 20.2 Å². The molecule has 1 atom stereocenters. The van der Waals surface area contributed by atoms with E-state index in [9.17, 15) is 19.1 Å². The Bertz CT molecular complexity index is 580. The summed E-state index contributed by atoms with van der Waals surface area (Å²) in [5.41, 5.74) is -1.08. The first-order valence-electron chi connectivity index (χ1n) is 6.37. The molecule has 21 heavy (non-hydrogen) atoms.